The summed E-state index contributed by atoms with van der Waals surface area (Å²) in [5, 5.41) is 20.2. The summed E-state index contributed by atoms with van der Waals surface area (Å²) in [6, 6.07) is 3.75. The van der Waals surface area contributed by atoms with E-state index in [9.17, 15) is 24.8 Å². The molecule has 1 atom stereocenters. The van der Waals surface area contributed by atoms with Gasteiger partial charge < -0.3 is 9.84 Å². The van der Waals surface area contributed by atoms with E-state index in [1.807, 2.05) is 0 Å². The number of non-ortho nitro benzene ring substituents is 1. The summed E-state index contributed by atoms with van der Waals surface area (Å²) in [5.41, 5.74) is -1.72. The Bertz CT molecular complexity index is 640. The van der Waals surface area contributed by atoms with Crippen LogP contribution in [-0.2, 0) is 9.59 Å². The van der Waals surface area contributed by atoms with Crippen molar-refractivity contribution in [1.82, 2.24) is 0 Å². The summed E-state index contributed by atoms with van der Waals surface area (Å²) in [6.07, 6.45) is -0.863. The first-order chi connectivity index (χ1) is 9.66. The van der Waals surface area contributed by atoms with Crippen molar-refractivity contribution < 1.29 is 24.4 Å². The highest BCUT2D eigenvalue weighted by atomic mass is 16.6. The standard InChI is InChI=1S/C13H14N2O6/c1-7-11(16)14(13(2,3)12(17)18)9-6-8(15(19)20)4-5-10(9)21-7/h4-7H,1-3H3,(H,17,18). The van der Waals surface area contributed by atoms with Gasteiger partial charge >= 0.3 is 5.97 Å². The topological polar surface area (TPSA) is 110 Å². The Kier molecular flexibility index (Phi) is 3.32. The molecule has 0 aromatic heterocycles. The zero-order valence-corrected chi connectivity index (χ0v) is 11.7. The Hall–Kier alpha value is -2.64. The number of nitro benzene ring substituents is 1. The smallest absolute Gasteiger partial charge is 0.329 e. The molecule has 1 aliphatic rings. The quantitative estimate of drug-likeness (QED) is 0.669. The van der Waals surface area contributed by atoms with E-state index >= 15 is 0 Å². The summed E-state index contributed by atoms with van der Waals surface area (Å²) in [7, 11) is 0. The minimum absolute atomic E-state index is 0.0831. The zero-order valence-electron chi connectivity index (χ0n) is 11.7. The molecule has 0 spiro atoms. The Morgan fingerprint density at radius 2 is 2.10 bits per heavy atom. The zero-order chi connectivity index (χ0) is 15.9. The van der Waals surface area contributed by atoms with Crippen molar-refractivity contribution >= 4 is 23.3 Å². The van der Waals surface area contributed by atoms with Crippen LogP contribution in [0.3, 0.4) is 0 Å². The van der Waals surface area contributed by atoms with Gasteiger partial charge in [0.2, 0.25) is 0 Å². The Morgan fingerprint density at radius 3 is 2.62 bits per heavy atom. The van der Waals surface area contributed by atoms with Crippen LogP contribution in [0.4, 0.5) is 11.4 Å². The number of carbonyl (C=O) groups is 2. The number of aliphatic carboxylic acids is 1. The number of carbonyl (C=O) groups excluding carboxylic acids is 1. The molecule has 1 aromatic carbocycles. The largest absolute Gasteiger partial charge is 0.480 e. The number of benzene rings is 1. The van der Waals surface area contributed by atoms with E-state index in [0.29, 0.717) is 0 Å². The van der Waals surface area contributed by atoms with Crippen molar-refractivity contribution in [1.29, 1.82) is 0 Å². The van der Waals surface area contributed by atoms with E-state index in [1.165, 1.54) is 32.9 Å². The molecule has 0 saturated heterocycles. The average molecular weight is 294 g/mol. The molecule has 0 saturated carbocycles. The van der Waals surface area contributed by atoms with Crippen LogP contribution in [0.1, 0.15) is 20.8 Å². The van der Waals surface area contributed by atoms with Crippen LogP contribution >= 0.6 is 0 Å². The van der Waals surface area contributed by atoms with Crippen molar-refractivity contribution in [2.24, 2.45) is 0 Å². The van der Waals surface area contributed by atoms with Gasteiger partial charge in [-0.25, -0.2) is 4.79 Å². The van der Waals surface area contributed by atoms with Crippen LogP contribution in [0.15, 0.2) is 18.2 Å². The molecule has 1 aliphatic heterocycles. The van der Waals surface area contributed by atoms with Crippen molar-refractivity contribution in [3.63, 3.8) is 0 Å². The van der Waals surface area contributed by atoms with Gasteiger partial charge in [-0.3, -0.25) is 19.8 Å². The van der Waals surface area contributed by atoms with Gasteiger partial charge in [0.1, 0.15) is 11.3 Å². The highest BCUT2D eigenvalue weighted by molar-refractivity contribution is 6.06. The number of carboxylic acid groups (broad SMARTS) is 1. The molecule has 0 aliphatic carbocycles. The lowest BCUT2D eigenvalue weighted by molar-refractivity contribution is -0.384. The fourth-order valence-electron chi connectivity index (χ4n) is 2.11. The van der Waals surface area contributed by atoms with E-state index < -0.39 is 28.4 Å². The lowest BCUT2D eigenvalue weighted by atomic mass is 9.99. The van der Waals surface area contributed by atoms with Gasteiger partial charge in [0.25, 0.3) is 11.6 Å². The molecule has 8 nitrogen and oxygen atoms in total. The number of hydrogen-bond acceptors (Lipinski definition) is 5. The van der Waals surface area contributed by atoms with E-state index in [2.05, 4.69) is 0 Å². The predicted octanol–water partition coefficient (Wildman–Crippen LogP) is 1.57. The number of ether oxygens (including phenoxy) is 1. The number of hydrogen-bond donors (Lipinski definition) is 1. The molecule has 1 heterocycles. The maximum absolute atomic E-state index is 12.3. The minimum atomic E-state index is -1.56. The second kappa shape index (κ2) is 4.72. The molecule has 1 unspecified atom stereocenters. The first-order valence-electron chi connectivity index (χ1n) is 6.19. The highest BCUT2D eigenvalue weighted by Crippen LogP contribution is 2.40. The van der Waals surface area contributed by atoms with Gasteiger partial charge in [0.05, 0.1) is 10.6 Å². The summed E-state index contributed by atoms with van der Waals surface area (Å²) >= 11 is 0. The third-order valence-corrected chi connectivity index (χ3v) is 3.35. The van der Waals surface area contributed by atoms with Crippen LogP contribution in [-0.4, -0.2) is 33.5 Å². The fourth-order valence-corrected chi connectivity index (χ4v) is 2.11. The first kappa shape index (κ1) is 14.8. The molecule has 8 heteroatoms. The molecule has 0 bridgehead atoms. The number of fused-ring (bicyclic) bond motifs is 1. The Labute approximate surface area is 120 Å². The van der Waals surface area contributed by atoms with E-state index in [1.54, 1.807) is 0 Å². The van der Waals surface area contributed by atoms with Crippen molar-refractivity contribution in [2.75, 3.05) is 4.90 Å². The fraction of sp³-hybridized carbons (Fsp3) is 0.385. The SMILES string of the molecule is CC1Oc2ccc([N+](=O)[O-])cc2N(C(C)(C)C(=O)O)C1=O. The third-order valence-electron chi connectivity index (χ3n) is 3.35. The van der Waals surface area contributed by atoms with Gasteiger partial charge in [-0.05, 0) is 26.8 Å². The van der Waals surface area contributed by atoms with Gasteiger partial charge in [-0.1, -0.05) is 0 Å². The van der Waals surface area contributed by atoms with E-state index in [-0.39, 0.29) is 17.1 Å². The summed E-state index contributed by atoms with van der Waals surface area (Å²) < 4.78 is 5.38. The van der Waals surface area contributed by atoms with E-state index in [0.717, 1.165) is 11.0 Å². The van der Waals surface area contributed by atoms with Crippen LogP contribution in [0.5, 0.6) is 5.75 Å². The highest BCUT2D eigenvalue weighted by Gasteiger charge is 2.45. The predicted molar refractivity (Wildman–Crippen MR) is 72.4 cm³/mol. The molecule has 1 amide bonds. The number of amides is 1. The first-order valence-corrected chi connectivity index (χ1v) is 6.19. The van der Waals surface area contributed by atoms with Crippen molar-refractivity contribution in [2.45, 2.75) is 32.4 Å². The van der Waals surface area contributed by atoms with Crippen LogP contribution < -0.4 is 9.64 Å². The van der Waals surface area contributed by atoms with Crippen molar-refractivity contribution in [3.05, 3.63) is 28.3 Å². The molecule has 21 heavy (non-hydrogen) atoms. The molecule has 0 fully saturated rings. The number of rotatable bonds is 3. The molecule has 0 radical (unpaired) electrons. The van der Waals surface area contributed by atoms with Gasteiger partial charge in [-0.15, -0.1) is 0 Å². The van der Waals surface area contributed by atoms with Crippen LogP contribution in [0.2, 0.25) is 0 Å². The Balaban J connectivity index is 2.65. The molecular weight excluding hydrogens is 280 g/mol. The monoisotopic (exact) mass is 294 g/mol. The number of nitrogens with zero attached hydrogens (tertiary/aromatic N) is 2. The van der Waals surface area contributed by atoms with Crippen LogP contribution in [0, 0.1) is 10.1 Å². The lowest BCUT2D eigenvalue weighted by Crippen LogP contribution is -2.58. The second-order valence-electron chi connectivity index (χ2n) is 5.21. The van der Waals surface area contributed by atoms with Gasteiger partial charge in [0, 0.05) is 12.1 Å². The molecule has 2 rings (SSSR count). The molecule has 1 N–H and O–H groups in total. The summed E-state index contributed by atoms with van der Waals surface area (Å²) in [6.45, 7) is 4.21. The van der Waals surface area contributed by atoms with Crippen LogP contribution in [0.25, 0.3) is 0 Å². The maximum atomic E-state index is 12.3. The van der Waals surface area contributed by atoms with E-state index in [4.69, 9.17) is 4.74 Å². The summed E-state index contributed by atoms with van der Waals surface area (Å²) in [5.74, 6) is -1.54. The van der Waals surface area contributed by atoms with Gasteiger partial charge in [-0.2, -0.15) is 0 Å². The lowest BCUT2D eigenvalue weighted by Gasteiger charge is -2.40. The third kappa shape index (κ3) is 2.28. The normalized spacial score (nSPS) is 18.0. The molecule has 112 valence electrons. The number of anilines is 1. The average Bonchev–Trinajstić information content (AvgIpc) is 2.38. The molecule has 1 aromatic rings. The number of carboxylic acids is 1. The Morgan fingerprint density at radius 1 is 1.48 bits per heavy atom. The van der Waals surface area contributed by atoms with Crippen molar-refractivity contribution in [3.8, 4) is 5.75 Å². The summed E-state index contributed by atoms with van der Waals surface area (Å²) in [4.78, 5) is 35.0. The van der Waals surface area contributed by atoms with Gasteiger partial charge in [0.15, 0.2) is 6.10 Å². The minimum Gasteiger partial charge on any atom is -0.480 e. The maximum Gasteiger partial charge on any atom is 0.329 e. The number of nitro groups is 1. The molecular formula is C13H14N2O6. The second-order valence-corrected chi connectivity index (χ2v) is 5.21.